The first-order valence-corrected chi connectivity index (χ1v) is 9.05. The maximum absolute atomic E-state index is 12.1. The van der Waals surface area contributed by atoms with Gasteiger partial charge in [-0.05, 0) is 61.4 Å². The van der Waals surface area contributed by atoms with Gasteiger partial charge in [0.15, 0.2) is 11.5 Å². The highest BCUT2D eigenvalue weighted by Crippen LogP contribution is 2.27. The van der Waals surface area contributed by atoms with E-state index in [-0.39, 0.29) is 5.91 Å². The van der Waals surface area contributed by atoms with E-state index in [0.29, 0.717) is 30.3 Å². The maximum Gasteiger partial charge on any atom is 0.271 e. The highest BCUT2D eigenvalue weighted by atomic mass is 16.5. The molecule has 2 rings (SSSR count). The number of rotatable bonds is 10. The minimum absolute atomic E-state index is 0.291. The summed E-state index contributed by atoms with van der Waals surface area (Å²) in [6, 6.07) is 12.4. The van der Waals surface area contributed by atoms with E-state index >= 15 is 0 Å². The largest absolute Gasteiger partial charge is 0.494 e. The number of amides is 1. The van der Waals surface area contributed by atoms with Gasteiger partial charge >= 0.3 is 0 Å². The molecule has 6 heteroatoms. The fraction of sp³-hybridized carbons (Fsp3) is 0.333. The van der Waals surface area contributed by atoms with E-state index in [9.17, 15) is 4.79 Å². The average molecular weight is 370 g/mol. The van der Waals surface area contributed by atoms with Crippen molar-refractivity contribution in [1.82, 2.24) is 5.43 Å². The molecule has 1 amide bonds. The van der Waals surface area contributed by atoms with Gasteiger partial charge < -0.3 is 14.2 Å². The lowest BCUT2D eigenvalue weighted by molar-refractivity contribution is 0.0955. The summed E-state index contributed by atoms with van der Waals surface area (Å²) in [6.45, 7) is 5.26. The standard InChI is InChI=1S/C21H26N2O4/c1-4-6-13-27-19-12-7-16(14-20(19)25-3)15-22-23-21(24)17-8-10-18(11-9-17)26-5-2/h7-12,14-15H,4-6,13H2,1-3H3,(H,23,24)/b22-15+. The predicted octanol–water partition coefficient (Wildman–Crippen LogP) is 4.04. The molecular weight excluding hydrogens is 344 g/mol. The first kappa shape index (κ1) is 20.3. The minimum Gasteiger partial charge on any atom is -0.494 e. The predicted molar refractivity (Wildman–Crippen MR) is 106 cm³/mol. The molecule has 0 aliphatic heterocycles. The quantitative estimate of drug-likeness (QED) is 0.389. The number of nitrogens with one attached hydrogen (secondary N) is 1. The van der Waals surface area contributed by atoms with Crippen molar-refractivity contribution in [3.63, 3.8) is 0 Å². The molecule has 0 aliphatic rings. The zero-order valence-electron chi connectivity index (χ0n) is 16.0. The van der Waals surface area contributed by atoms with E-state index in [1.807, 2.05) is 25.1 Å². The van der Waals surface area contributed by atoms with Crippen molar-refractivity contribution in [2.45, 2.75) is 26.7 Å². The summed E-state index contributed by atoms with van der Waals surface area (Å²) in [6.07, 6.45) is 3.62. The van der Waals surface area contributed by atoms with Crippen LogP contribution in [-0.2, 0) is 0 Å². The van der Waals surface area contributed by atoms with Crippen LogP contribution >= 0.6 is 0 Å². The maximum atomic E-state index is 12.1. The monoisotopic (exact) mass is 370 g/mol. The van der Waals surface area contributed by atoms with E-state index in [1.165, 1.54) is 0 Å². The third-order valence-corrected chi connectivity index (χ3v) is 3.75. The summed E-state index contributed by atoms with van der Waals surface area (Å²) in [4.78, 5) is 12.1. The molecule has 0 bridgehead atoms. The van der Waals surface area contributed by atoms with Gasteiger partial charge in [-0.1, -0.05) is 13.3 Å². The van der Waals surface area contributed by atoms with Crippen LogP contribution in [0.2, 0.25) is 0 Å². The van der Waals surface area contributed by atoms with Crippen molar-refractivity contribution in [1.29, 1.82) is 0 Å². The number of hydrogen-bond donors (Lipinski definition) is 1. The number of hydrogen-bond acceptors (Lipinski definition) is 5. The van der Waals surface area contributed by atoms with Gasteiger partial charge in [0.2, 0.25) is 0 Å². The molecule has 144 valence electrons. The Balaban J connectivity index is 1.95. The Hall–Kier alpha value is -3.02. The molecule has 0 fully saturated rings. The van der Waals surface area contributed by atoms with Crippen LogP contribution in [0.4, 0.5) is 0 Å². The summed E-state index contributed by atoms with van der Waals surface area (Å²) in [5.74, 6) is 1.76. The Morgan fingerprint density at radius 3 is 2.52 bits per heavy atom. The number of ether oxygens (including phenoxy) is 3. The van der Waals surface area contributed by atoms with Gasteiger partial charge in [0.1, 0.15) is 5.75 Å². The van der Waals surface area contributed by atoms with E-state index in [0.717, 1.165) is 24.2 Å². The second kappa shape index (κ2) is 10.9. The molecule has 1 N–H and O–H groups in total. The molecule has 0 atom stereocenters. The van der Waals surface area contributed by atoms with Crippen molar-refractivity contribution in [2.75, 3.05) is 20.3 Å². The van der Waals surface area contributed by atoms with E-state index in [2.05, 4.69) is 17.5 Å². The van der Waals surface area contributed by atoms with Crippen LogP contribution in [0.1, 0.15) is 42.6 Å². The molecule has 2 aromatic rings. The number of hydrazone groups is 1. The number of unbranched alkanes of at least 4 members (excludes halogenated alkanes) is 1. The van der Waals surface area contributed by atoms with Crippen LogP contribution in [0.25, 0.3) is 0 Å². The normalized spacial score (nSPS) is 10.6. The van der Waals surface area contributed by atoms with Crippen molar-refractivity contribution < 1.29 is 19.0 Å². The van der Waals surface area contributed by atoms with Gasteiger partial charge in [-0.2, -0.15) is 5.10 Å². The van der Waals surface area contributed by atoms with Crippen LogP contribution < -0.4 is 19.6 Å². The SMILES string of the molecule is CCCCOc1ccc(/C=N/NC(=O)c2ccc(OCC)cc2)cc1OC. The number of methoxy groups -OCH3 is 1. The molecule has 0 spiro atoms. The molecule has 2 aromatic carbocycles. The van der Waals surface area contributed by atoms with Crippen molar-refractivity contribution in [3.05, 3.63) is 53.6 Å². The summed E-state index contributed by atoms with van der Waals surface area (Å²) < 4.78 is 16.4. The summed E-state index contributed by atoms with van der Waals surface area (Å²) >= 11 is 0. The molecule has 0 radical (unpaired) electrons. The summed E-state index contributed by atoms with van der Waals surface area (Å²) in [5, 5.41) is 4.01. The third kappa shape index (κ3) is 6.33. The number of benzene rings is 2. The van der Waals surface area contributed by atoms with Crippen LogP contribution in [0, 0.1) is 0 Å². The first-order valence-electron chi connectivity index (χ1n) is 9.05. The number of carbonyl (C=O) groups is 1. The van der Waals surface area contributed by atoms with Gasteiger partial charge in [0.25, 0.3) is 5.91 Å². The van der Waals surface area contributed by atoms with E-state index < -0.39 is 0 Å². The lowest BCUT2D eigenvalue weighted by Gasteiger charge is -2.10. The Bertz CT molecular complexity index is 757. The lowest BCUT2D eigenvalue weighted by atomic mass is 10.2. The number of carbonyl (C=O) groups excluding carboxylic acids is 1. The smallest absolute Gasteiger partial charge is 0.271 e. The molecule has 6 nitrogen and oxygen atoms in total. The van der Waals surface area contributed by atoms with E-state index in [1.54, 1.807) is 37.6 Å². The van der Waals surface area contributed by atoms with E-state index in [4.69, 9.17) is 14.2 Å². The first-order chi connectivity index (χ1) is 13.2. The Morgan fingerprint density at radius 2 is 1.85 bits per heavy atom. The topological polar surface area (TPSA) is 69.2 Å². The highest BCUT2D eigenvalue weighted by molar-refractivity contribution is 5.95. The second-order valence-electron chi connectivity index (χ2n) is 5.77. The molecule has 0 unspecified atom stereocenters. The van der Waals surface area contributed by atoms with Crippen molar-refractivity contribution in [3.8, 4) is 17.2 Å². The van der Waals surface area contributed by atoms with Crippen molar-refractivity contribution in [2.24, 2.45) is 5.10 Å². The Labute approximate surface area is 160 Å². The molecule has 0 saturated heterocycles. The zero-order chi connectivity index (χ0) is 19.5. The van der Waals surface area contributed by atoms with Crippen molar-refractivity contribution >= 4 is 12.1 Å². The lowest BCUT2D eigenvalue weighted by Crippen LogP contribution is -2.17. The van der Waals surface area contributed by atoms with Crippen LogP contribution in [0.3, 0.4) is 0 Å². The highest BCUT2D eigenvalue weighted by Gasteiger charge is 2.06. The van der Waals surface area contributed by atoms with Crippen LogP contribution in [0.15, 0.2) is 47.6 Å². The van der Waals surface area contributed by atoms with Gasteiger partial charge in [-0.3, -0.25) is 4.79 Å². The molecule has 0 saturated carbocycles. The zero-order valence-corrected chi connectivity index (χ0v) is 16.0. The number of nitrogens with zero attached hydrogens (tertiary/aromatic N) is 1. The molecular formula is C21H26N2O4. The molecule has 0 aromatic heterocycles. The van der Waals surface area contributed by atoms with Crippen LogP contribution in [0.5, 0.6) is 17.2 Å². The van der Waals surface area contributed by atoms with Gasteiger partial charge in [0.05, 0.1) is 26.5 Å². The summed E-state index contributed by atoms with van der Waals surface area (Å²) in [7, 11) is 1.59. The second-order valence-corrected chi connectivity index (χ2v) is 5.77. The third-order valence-electron chi connectivity index (χ3n) is 3.75. The van der Waals surface area contributed by atoms with Gasteiger partial charge in [0, 0.05) is 5.56 Å². The molecule has 0 aliphatic carbocycles. The molecule has 27 heavy (non-hydrogen) atoms. The molecule has 0 heterocycles. The van der Waals surface area contributed by atoms with Crippen LogP contribution in [-0.4, -0.2) is 32.4 Å². The fourth-order valence-corrected chi connectivity index (χ4v) is 2.31. The Kier molecular flexibility index (Phi) is 8.16. The Morgan fingerprint density at radius 1 is 1.07 bits per heavy atom. The van der Waals surface area contributed by atoms with Gasteiger partial charge in [-0.15, -0.1) is 0 Å². The summed E-state index contributed by atoms with van der Waals surface area (Å²) in [5.41, 5.74) is 3.81. The van der Waals surface area contributed by atoms with Gasteiger partial charge in [-0.25, -0.2) is 5.43 Å². The fourth-order valence-electron chi connectivity index (χ4n) is 2.31. The minimum atomic E-state index is -0.291. The average Bonchev–Trinajstić information content (AvgIpc) is 2.69.